The van der Waals surface area contributed by atoms with Gasteiger partial charge in [0, 0.05) is 56.0 Å². The van der Waals surface area contributed by atoms with Crippen molar-refractivity contribution in [3.63, 3.8) is 0 Å². The summed E-state index contributed by atoms with van der Waals surface area (Å²) in [5, 5.41) is 0. The van der Waals surface area contributed by atoms with Crippen LogP contribution in [-0.4, -0.2) is 46.8 Å². The first-order chi connectivity index (χ1) is 18.2. The maximum absolute atomic E-state index is 14.2. The van der Waals surface area contributed by atoms with E-state index in [0.717, 1.165) is 61.1 Å². The average molecular weight is 497 g/mol. The van der Waals surface area contributed by atoms with Crippen LogP contribution in [0.3, 0.4) is 0 Å². The fourth-order valence-electron chi connectivity index (χ4n) is 5.03. The minimum absolute atomic E-state index is 0.00240. The Morgan fingerprint density at radius 1 is 0.703 bits per heavy atom. The van der Waals surface area contributed by atoms with Gasteiger partial charge in [-0.25, -0.2) is 23.7 Å². The fraction of sp³-hybridized carbons (Fsp3) is 0.241. The minimum Gasteiger partial charge on any atom is -0.353 e. The third kappa shape index (κ3) is 4.79. The Hall–Kier alpha value is -4.20. The summed E-state index contributed by atoms with van der Waals surface area (Å²) in [5.74, 6) is 0.616. The van der Waals surface area contributed by atoms with E-state index in [0.29, 0.717) is 12.1 Å². The smallest absolute Gasteiger partial charge is 0.225 e. The second-order valence-corrected chi connectivity index (χ2v) is 9.28. The van der Waals surface area contributed by atoms with Crippen LogP contribution < -0.4 is 9.80 Å². The van der Waals surface area contributed by atoms with Gasteiger partial charge in [0.05, 0.1) is 11.6 Å². The van der Waals surface area contributed by atoms with Gasteiger partial charge in [-0.05, 0) is 54.3 Å². The van der Waals surface area contributed by atoms with E-state index in [1.807, 2.05) is 24.4 Å². The van der Waals surface area contributed by atoms with Crippen molar-refractivity contribution in [1.82, 2.24) is 15.0 Å². The van der Waals surface area contributed by atoms with Crippen LogP contribution in [0.25, 0.3) is 11.1 Å². The van der Waals surface area contributed by atoms with Crippen LogP contribution >= 0.6 is 0 Å². The highest BCUT2D eigenvalue weighted by atomic mass is 19.1. The third-order valence-electron chi connectivity index (χ3n) is 7.03. The number of halogens is 2. The molecule has 1 saturated heterocycles. The lowest BCUT2D eigenvalue weighted by molar-refractivity contribution is 0.578. The summed E-state index contributed by atoms with van der Waals surface area (Å²) in [4.78, 5) is 22.5. The zero-order chi connectivity index (χ0) is 25.2. The summed E-state index contributed by atoms with van der Waals surface area (Å²) in [6.07, 6.45) is 6.74. The largest absolute Gasteiger partial charge is 0.353 e. The molecule has 0 aliphatic carbocycles. The number of hydrogen-bond donors (Lipinski definition) is 0. The molecule has 0 saturated carbocycles. The summed E-state index contributed by atoms with van der Waals surface area (Å²) in [6.45, 7) is 3.42. The molecule has 37 heavy (non-hydrogen) atoms. The van der Waals surface area contributed by atoms with Crippen molar-refractivity contribution >= 4 is 17.5 Å². The number of rotatable bonds is 5. The highest BCUT2D eigenvalue weighted by molar-refractivity contribution is 6.02. The number of anilines is 2. The molecule has 0 amide bonds. The topological polar surface area (TPSA) is 57.5 Å². The van der Waals surface area contributed by atoms with Gasteiger partial charge in [-0.1, -0.05) is 30.3 Å². The first-order valence-corrected chi connectivity index (χ1v) is 12.5. The second-order valence-electron chi connectivity index (χ2n) is 9.28. The summed E-state index contributed by atoms with van der Waals surface area (Å²) in [5.41, 5.74) is 3.65. The van der Waals surface area contributed by atoms with Gasteiger partial charge in [0.1, 0.15) is 17.5 Å². The number of aliphatic imine (C=N–C) groups is 1. The zero-order valence-electron chi connectivity index (χ0n) is 20.3. The van der Waals surface area contributed by atoms with E-state index in [9.17, 15) is 8.78 Å². The Morgan fingerprint density at radius 3 is 2.05 bits per heavy atom. The molecule has 4 heterocycles. The van der Waals surface area contributed by atoms with E-state index < -0.39 is 11.6 Å². The predicted molar refractivity (Wildman–Crippen MR) is 141 cm³/mol. The first kappa shape index (κ1) is 23.2. The third-order valence-corrected chi connectivity index (χ3v) is 7.03. The van der Waals surface area contributed by atoms with E-state index in [4.69, 9.17) is 4.98 Å². The van der Waals surface area contributed by atoms with Crippen molar-refractivity contribution in [1.29, 1.82) is 0 Å². The van der Waals surface area contributed by atoms with Gasteiger partial charge in [-0.2, -0.15) is 0 Å². The van der Waals surface area contributed by atoms with Crippen molar-refractivity contribution in [3.05, 3.63) is 102 Å². The Balaban J connectivity index is 1.11. The summed E-state index contributed by atoms with van der Waals surface area (Å²) < 4.78 is 28.3. The Bertz CT molecular complexity index is 1380. The van der Waals surface area contributed by atoms with Gasteiger partial charge in [0.15, 0.2) is 0 Å². The molecule has 8 heteroatoms. The van der Waals surface area contributed by atoms with E-state index in [2.05, 4.69) is 49.0 Å². The van der Waals surface area contributed by atoms with Crippen LogP contribution in [0.5, 0.6) is 0 Å². The molecule has 186 valence electrons. The maximum Gasteiger partial charge on any atom is 0.225 e. The summed E-state index contributed by atoms with van der Waals surface area (Å²) in [6, 6.07) is 18.0. The zero-order valence-corrected chi connectivity index (χ0v) is 20.3. The first-order valence-electron chi connectivity index (χ1n) is 12.5. The van der Waals surface area contributed by atoms with Crippen molar-refractivity contribution in [2.24, 2.45) is 4.99 Å². The fourth-order valence-corrected chi connectivity index (χ4v) is 5.03. The van der Waals surface area contributed by atoms with E-state index in [1.165, 1.54) is 18.2 Å². The minimum atomic E-state index is -0.558. The molecule has 2 aliphatic rings. The van der Waals surface area contributed by atoms with Crippen LogP contribution in [0.2, 0.25) is 0 Å². The molecule has 1 fully saturated rings. The van der Waals surface area contributed by atoms with Gasteiger partial charge in [0.25, 0.3) is 0 Å². The maximum atomic E-state index is 14.2. The number of piperazine rings is 1. The molecule has 2 aliphatic heterocycles. The molecule has 4 aromatic rings. The van der Waals surface area contributed by atoms with Gasteiger partial charge in [0.2, 0.25) is 5.95 Å². The lowest BCUT2D eigenvalue weighted by Crippen LogP contribution is -2.47. The molecule has 0 spiro atoms. The standard InChI is InChI=1S/C29H26F2N6/c30-23-3-1-4-24(31)28(23)26-11-10-25(35-26)21-7-5-20(6-8-21)22-9-12-27(34-19-22)36-15-17-37(18-16-36)29-32-13-2-14-33-29/h1-9,12-14,19,25H,10-11,15-18H2. The predicted octanol–water partition coefficient (Wildman–Crippen LogP) is 5.47. The van der Waals surface area contributed by atoms with E-state index in [1.54, 1.807) is 12.4 Å². The SMILES string of the molecule is Fc1cccc(F)c1C1=NC(c2ccc(-c3ccc(N4CCN(c5ncccn5)CC4)nc3)cc2)CC1. The van der Waals surface area contributed by atoms with E-state index in [-0.39, 0.29) is 11.6 Å². The van der Waals surface area contributed by atoms with Gasteiger partial charge in [-0.3, -0.25) is 4.99 Å². The average Bonchev–Trinajstić information content (AvgIpc) is 3.44. The van der Waals surface area contributed by atoms with E-state index >= 15 is 0 Å². The van der Waals surface area contributed by atoms with Crippen molar-refractivity contribution in [2.45, 2.75) is 18.9 Å². The van der Waals surface area contributed by atoms with Gasteiger partial charge < -0.3 is 9.80 Å². The highest BCUT2D eigenvalue weighted by Gasteiger charge is 2.24. The number of benzene rings is 2. The Labute approximate surface area is 214 Å². The molecule has 1 atom stereocenters. The normalized spacial score (nSPS) is 17.7. The van der Waals surface area contributed by atoms with Crippen LogP contribution in [0, 0.1) is 11.6 Å². The lowest BCUT2D eigenvalue weighted by atomic mass is 10.00. The Kier molecular flexibility index (Phi) is 6.30. The Morgan fingerprint density at radius 2 is 1.38 bits per heavy atom. The highest BCUT2D eigenvalue weighted by Crippen LogP contribution is 2.33. The van der Waals surface area contributed by atoms with Crippen LogP contribution in [0.15, 0.2) is 84.2 Å². The summed E-state index contributed by atoms with van der Waals surface area (Å²) in [7, 11) is 0. The van der Waals surface area contributed by atoms with Crippen LogP contribution in [0.1, 0.15) is 30.0 Å². The lowest BCUT2D eigenvalue weighted by Gasteiger charge is -2.35. The summed E-state index contributed by atoms with van der Waals surface area (Å²) >= 11 is 0. The van der Waals surface area contributed by atoms with Gasteiger partial charge in [-0.15, -0.1) is 0 Å². The van der Waals surface area contributed by atoms with Crippen molar-refractivity contribution < 1.29 is 8.78 Å². The molecule has 6 rings (SSSR count). The van der Waals surface area contributed by atoms with Crippen LogP contribution in [-0.2, 0) is 0 Å². The molecule has 0 N–H and O–H groups in total. The second kappa shape index (κ2) is 10.0. The number of hydrogen-bond acceptors (Lipinski definition) is 6. The molecule has 2 aromatic carbocycles. The molecule has 1 unspecified atom stereocenters. The molecule has 6 nitrogen and oxygen atoms in total. The number of nitrogens with zero attached hydrogens (tertiary/aromatic N) is 6. The van der Waals surface area contributed by atoms with Crippen molar-refractivity contribution in [3.8, 4) is 11.1 Å². The number of pyridine rings is 1. The number of aromatic nitrogens is 3. The monoisotopic (exact) mass is 496 g/mol. The molecule has 0 bridgehead atoms. The quantitative estimate of drug-likeness (QED) is 0.367. The van der Waals surface area contributed by atoms with Gasteiger partial charge >= 0.3 is 0 Å². The molecule has 2 aromatic heterocycles. The van der Waals surface area contributed by atoms with Crippen LogP contribution in [0.4, 0.5) is 20.5 Å². The molecular formula is C29H26F2N6. The molecule has 0 radical (unpaired) electrons. The molecular weight excluding hydrogens is 470 g/mol. The van der Waals surface area contributed by atoms with Crippen molar-refractivity contribution in [2.75, 3.05) is 36.0 Å².